The Bertz CT molecular complexity index is 2650. The zero-order chi connectivity index (χ0) is 46.5. The Hall–Kier alpha value is -6.72. The van der Waals surface area contributed by atoms with Crippen molar-refractivity contribution in [2.24, 2.45) is 20.5 Å². The Morgan fingerprint density at radius 1 is 0.547 bits per heavy atom. The summed E-state index contributed by atoms with van der Waals surface area (Å²) >= 11 is 24.4. The molecular weight excluding hydrogens is 910 g/mol. The molecule has 0 radical (unpaired) electrons. The summed E-state index contributed by atoms with van der Waals surface area (Å²) in [6, 6.07) is 21.6. The minimum atomic E-state index is -1.68. The van der Waals surface area contributed by atoms with Gasteiger partial charge in [-0.3, -0.25) is 28.8 Å². The van der Waals surface area contributed by atoms with Crippen LogP contribution in [0.15, 0.2) is 118 Å². The van der Waals surface area contributed by atoms with E-state index in [0.29, 0.717) is 11.4 Å². The molecule has 4 amide bonds. The lowest BCUT2D eigenvalue weighted by Crippen LogP contribution is -2.32. The summed E-state index contributed by atoms with van der Waals surface area (Å²) in [5, 5.41) is 26.9. The predicted molar refractivity (Wildman–Crippen MR) is 246 cm³/mol. The Morgan fingerprint density at radius 2 is 0.969 bits per heavy atom. The number of rotatable bonds is 18. The van der Waals surface area contributed by atoms with Crippen molar-refractivity contribution in [1.29, 1.82) is 0 Å². The van der Waals surface area contributed by atoms with E-state index in [1.54, 1.807) is 36.4 Å². The number of benzene rings is 5. The molecule has 0 saturated heterocycles. The molecule has 5 aromatic carbocycles. The fourth-order valence-electron chi connectivity index (χ4n) is 5.79. The van der Waals surface area contributed by atoms with Crippen molar-refractivity contribution in [3.63, 3.8) is 0 Å². The van der Waals surface area contributed by atoms with Crippen molar-refractivity contribution in [2.75, 3.05) is 35.5 Å². The number of nitrogens with zero attached hydrogens (tertiary/aromatic N) is 4. The molecule has 2 unspecified atom stereocenters. The quantitative estimate of drug-likeness (QED) is 0.0375. The summed E-state index contributed by atoms with van der Waals surface area (Å²) in [6.45, 7) is 2.28. The Labute approximate surface area is 386 Å². The van der Waals surface area contributed by atoms with Gasteiger partial charge in [-0.15, -0.1) is 23.2 Å². The molecule has 0 bridgehead atoms. The maximum absolute atomic E-state index is 13.5. The van der Waals surface area contributed by atoms with Crippen LogP contribution >= 0.6 is 46.4 Å². The van der Waals surface area contributed by atoms with E-state index in [9.17, 15) is 28.8 Å². The highest BCUT2D eigenvalue weighted by Gasteiger charge is 2.28. The van der Waals surface area contributed by atoms with Gasteiger partial charge in [0, 0.05) is 62.1 Å². The third-order valence-corrected chi connectivity index (χ3v) is 9.89. The standard InChI is InChI=1S/C44H38Cl4N8O8/c1-23(57)38(55-53-34-15-27(13-29(47)17-34)41(59)49-31-9-5-7-25(11-31)21-45)43(61)51-33-19-36(63-3)40(37(20-33)64-4)52-44(62)39(24(2)58)56-54-35-16-28(14-30(48)18-35)42(60)50-32-10-6-8-26(12-32)22-46/h5-20,38-39H,21-22H2,1-4H3,(H,49,59)(H,50,60)(H,51,61)(H,52,62). The summed E-state index contributed by atoms with van der Waals surface area (Å²) in [6.07, 6.45) is 0. The van der Waals surface area contributed by atoms with Gasteiger partial charge in [0.15, 0.2) is 11.6 Å². The molecule has 5 rings (SSSR count). The normalized spacial score (nSPS) is 12.0. The molecule has 0 aliphatic carbocycles. The first-order valence-corrected chi connectivity index (χ1v) is 20.7. The number of hydrogen-bond donors (Lipinski definition) is 4. The number of halogens is 4. The van der Waals surface area contributed by atoms with Gasteiger partial charge in [0.25, 0.3) is 23.6 Å². The first-order valence-electron chi connectivity index (χ1n) is 18.8. The number of amides is 4. The van der Waals surface area contributed by atoms with Crippen LogP contribution < -0.4 is 30.7 Å². The van der Waals surface area contributed by atoms with Gasteiger partial charge in [0.1, 0.15) is 17.2 Å². The number of anilines is 4. The lowest BCUT2D eigenvalue weighted by molar-refractivity contribution is -0.127. The lowest BCUT2D eigenvalue weighted by atomic mass is 10.1. The van der Waals surface area contributed by atoms with Crippen molar-refractivity contribution >= 4 is 116 Å². The molecule has 0 aliphatic heterocycles. The van der Waals surface area contributed by atoms with Gasteiger partial charge >= 0.3 is 0 Å². The minimum Gasteiger partial charge on any atom is -0.494 e. The van der Waals surface area contributed by atoms with E-state index in [-0.39, 0.29) is 67.2 Å². The van der Waals surface area contributed by atoms with Crippen molar-refractivity contribution in [3.8, 4) is 11.5 Å². The fraction of sp³-hybridized carbons (Fsp3) is 0.182. The highest BCUT2D eigenvalue weighted by atomic mass is 35.5. The van der Waals surface area contributed by atoms with Crippen molar-refractivity contribution < 1.29 is 38.2 Å². The van der Waals surface area contributed by atoms with Gasteiger partial charge < -0.3 is 30.7 Å². The van der Waals surface area contributed by atoms with Gasteiger partial charge in [-0.1, -0.05) is 47.5 Å². The predicted octanol–water partition coefficient (Wildman–Crippen LogP) is 10.4. The van der Waals surface area contributed by atoms with E-state index in [0.717, 1.165) is 25.0 Å². The molecule has 0 aromatic heterocycles. The Balaban J connectivity index is 1.30. The zero-order valence-electron chi connectivity index (χ0n) is 34.4. The molecule has 5 aromatic rings. The molecule has 0 spiro atoms. The Kier molecular flexibility index (Phi) is 17.0. The topological polar surface area (TPSA) is 218 Å². The molecule has 64 heavy (non-hydrogen) atoms. The van der Waals surface area contributed by atoms with Crippen molar-refractivity contribution in [1.82, 2.24) is 0 Å². The number of azo groups is 2. The molecule has 0 fully saturated rings. The zero-order valence-corrected chi connectivity index (χ0v) is 37.4. The van der Waals surface area contributed by atoms with Crippen molar-refractivity contribution in [3.05, 3.63) is 129 Å². The lowest BCUT2D eigenvalue weighted by Gasteiger charge is -2.18. The van der Waals surface area contributed by atoms with Crippen LogP contribution in [0.25, 0.3) is 0 Å². The van der Waals surface area contributed by atoms with Crippen LogP contribution in [0.3, 0.4) is 0 Å². The summed E-state index contributed by atoms with van der Waals surface area (Å²) in [4.78, 5) is 78.4. The number of ketones is 2. The van der Waals surface area contributed by atoms with Crippen LogP contribution in [0.4, 0.5) is 34.1 Å². The summed E-state index contributed by atoms with van der Waals surface area (Å²) in [5.41, 5.74) is 3.06. The third kappa shape index (κ3) is 13.2. The van der Waals surface area contributed by atoms with Gasteiger partial charge in [0.2, 0.25) is 12.1 Å². The number of alkyl halides is 2. The molecule has 2 atom stereocenters. The van der Waals surface area contributed by atoms with Crippen LogP contribution in [0, 0.1) is 0 Å². The SMILES string of the molecule is COc1cc(NC(=O)C(N=Nc2cc(Cl)cc(C(=O)Nc3cccc(CCl)c3)c2)C(C)=O)cc(OC)c1NC(=O)C(N=Nc1cc(Cl)cc(C(=O)Nc2cccc(CCl)c2)c1)C(C)=O. The molecule has 20 heteroatoms. The van der Waals surface area contributed by atoms with E-state index < -0.39 is 47.3 Å². The summed E-state index contributed by atoms with van der Waals surface area (Å²) in [5.74, 6) is -3.72. The number of methoxy groups -OCH3 is 2. The molecule has 0 aliphatic rings. The van der Waals surface area contributed by atoms with Crippen LogP contribution in [-0.2, 0) is 30.9 Å². The number of carbonyl (C=O) groups is 6. The average Bonchev–Trinajstić information content (AvgIpc) is 3.26. The number of ether oxygens (including phenoxy) is 2. The van der Waals surface area contributed by atoms with Gasteiger partial charge in [-0.25, -0.2) is 0 Å². The number of carbonyl (C=O) groups excluding carboxylic acids is 6. The molecule has 0 heterocycles. The van der Waals surface area contributed by atoms with Gasteiger partial charge in [-0.2, -0.15) is 20.5 Å². The van der Waals surface area contributed by atoms with E-state index in [1.165, 1.54) is 62.8 Å². The van der Waals surface area contributed by atoms with E-state index in [1.807, 2.05) is 12.1 Å². The van der Waals surface area contributed by atoms with Crippen LogP contribution in [0.5, 0.6) is 11.5 Å². The monoisotopic (exact) mass is 946 g/mol. The average molecular weight is 949 g/mol. The summed E-state index contributed by atoms with van der Waals surface area (Å²) in [7, 11) is 2.56. The van der Waals surface area contributed by atoms with Crippen LogP contribution in [-0.4, -0.2) is 61.5 Å². The minimum absolute atomic E-state index is 0.0237. The largest absolute Gasteiger partial charge is 0.494 e. The van der Waals surface area contributed by atoms with Gasteiger partial charge in [-0.05, 0) is 85.6 Å². The maximum atomic E-state index is 13.5. The van der Waals surface area contributed by atoms with Crippen LogP contribution in [0.1, 0.15) is 45.7 Å². The fourth-order valence-corrected chi connectivity index (χ4v) is 6.58. The molecule has 16 nitrogen and oxygen atoms in total. The number of nitrogens with one attached hydrogen (secondary N) is 4. The van der Waals surface area contributed by atoms with E-state index >= 15 is 0 Å². The molecule has 4 N–H and O–H groups in total. The second-order valence-electron chi connectivity index (χ2n) is 13.7. The second-order valence-corrected chi connectivity index (χ2v) is 15.1. The molecular formula is C44H38Cl4N8O8. The summed E-state index contributed by atoms with van der Waals surface area (Å²) < 4.78 is 11.0. The van der Waals surface area contributed by atoms with E-state index in [4.69, 9.17) is 55.9 Å². The third-order valence-electron chi connectivity index (χ3n) is 8.83. The molecule has 330 valence electrons. The maximum Gasteiger partial charge on any atom is 0.259 e. The number of Topliss-reactive ketones (excluding diaryl/α,β-unsaturated/α-hetero) is 2. The first-order chi connectivity index (χ1) is 30.6. The van der Waals surface area contributed by atoms with Gasteiger partial charge in [0.05, 0.1) is 25.6 Å². The second kappa shape index (κ2) is 22.6. The number of hydrogen-bond acceptors (Lipinski definition) is 12. The Morgan fingerprint density at radius 3 is 1.36 bits per heavy atom. The molecule has 0 saturated carbocycles. The van der Waals surface area contributed by atoms with E-state index in [2.05, 4.69) is 41.7 Å². The van der Waals surface area contributed by atoms with Crippen molar-refractivity contribution in [2.45, 2.75) is 37.7 Å². The smallest absolute Gasteiger partial charge is 0.259 e. The first kappa shape index (κ1) is 48.3. The highest BCUT2D eigenvalue weighted by Crippen LogP contribution is 2.38. The van der Waals surface area contributed by atoms with Crippen LogP contribution in [0.2, 0.25) is 10.0 Å². The highest BCUT2D eigenvalue weighted by molar-refractivity contribution is 6.31.